The highest BCUT2D eigenvalue weighted by Crippen LogP contribution is 2.33. The standard InChI is InChI=1S/C27H37N3O6S/c1-16(2)20(28-24(32)13-19-10-11-19)14-23(36-17(3)31)26-30-22(15-37-26)25(33)29-21(27(34)35-4)12-18-8-6-5-7-9-18/h5-9,15-16,19-21,23,25,29,33H,10-14H2,1-4H3,(H,28,32)/t20?,21-,23?,25?/m0/s1. The van der Waals surface area contributed by atoms with E-state index in [4.69, 9.17) is 9.47 Å². The predicted molar refractivity (Wildman–Crippen MR) is 139 cm³/mol. The molecule has 202 valence electrons. The third-order valence-electron chi connectivity index (χ3n) is 6.32. The van der Waals surface area contributed by atoms with Crippen LogP contribution in [0.15, 0.2) is 35.7 Å². The van der Waals surface area contributed by atoms with Crippen LogP contribution >= 0.6 is 11.3 Å². The molecular formula is C27H37N3O6S. The number of hydrogen-bond donors (Lipinski definition) is 3. The molecule has 0 bridgehead atoms. The van der Waals surface area contributed by atoms with Crippen molar-refractivity contribution in [2.75, 3.05) is 7.11 Å². The molecule has 3 unspecified atom stereocenters. The molecule has 2 aromatic rings. The molecule has 1 aliphatic carbocycles. The van der Waals surface area contributed by atoms with Crippen molar-refractivity contribution in [1.29, 1.82) is 0 Å². The average Bonchev–Trinajstić information content (AvgIpc) is 3.52. The van der Waals surface area contributed by atoms with E-state index in [2.05, 4.69) is 15.6 Å². The first kappa shape index (κ1) is 28.7. The SMILES string of the molecule is COC(=O)[C@H](Cc1ccccc1)NC(O)c1csc(C(CC(NC(=O)CC2CC2)C(C)C)OC(C)=O)n1. The van der Waals surface area contributed by atoms with Crippen LogP contribution in [-0.4, -0.2) is 47.1 Å². The molecule has 3 N–H and O–H groups in total. The van der Waals surface area contributed by atoms with E-state index in [0.29, 0.717) is 35.9 Å². The zero-order valence-electron chi connectivity index (χ0n) is 21.8. The fourth-order valence-electron chi connectivity index (χ4n) is 4.03. The second-order valence-corrected chi connectivity index (χ2v) is 10.7. The minimum atomic E-state index is -1.24. The summed E-state index contributed by atoms with van der Waals surface area (Å²) >= 11 is 1.25. The highest BCUT2D eigenvalue weighted by Gasteiger charge is 2.30. The van der Waals surface area contributed by atoms with Gasteiger partial charge in [-0.1, -0.05) is 44.2 Å². The maximum Gasteiger partial charge on any atom is 0.323 e. The molecule has 0 aliphatic heterocycles. The third-order valence-corrected chi connectivity index (χ3v) is 7.28. The predicted octanol–water partition coefficient (Wildman–Crippen LogP) is 3.44. The Bertz CT molecular complexity index is 1040. The first-order valence-electron chi connectivity index (χ1n) is 12.6. The summed E-state index contributed by atoms with van der Waals surface area (Å²) in [6.07, 6.45) is 1.47. The van der Waals surface area contributed by atoms with Crippen LogP contribution in [0.3, 0.4) is 0 Å². The number of methoxy groups -OCH3 is 1. The molecule has 9 nitrogen and oxygen atoms in total. The van der Waals surface area contributed by atoms with Crippen LogP contribution in [0.2, 0.25) is 0 Å². The van der Waals surface area contributed by atoms with Gasteiger partial charge in [-0.2, -0.15) is 0 Å². The Hall–Kier alpha value is -2.82. The molecule has 0 radical (unpaired) electrons. The monoisotopic (exact) mass is 531 g/mol. The van der Waals surface area contributed by atoms with Crippen LogP contribution in [0.25, 0.3) is 0 Å². The van der Waals surface area contributed by atoms with Crippen molar-refractivity contribution in [1.82, 2.24) is 15.6 Å². The number of hydrogen-bond acceptors (Lipinski definition) is 9. The van der Waals surface area contributed by atoms with E-state index in [0.717, 1.165) is 18.4 Å². The van der Waals surface area contributed by atoms with E-state index in [1.54, 1.807) is 5.38 Å². The lowest BCUT2D eigenvalue weighted by Gasteiger charge is -2.26. The lowest BCUT2D eigenvalue weighted by atomic mass is 9.97. The van der Waals surface area contributed by atoms with E-state index >= 15 is 0 Å². The molecule has 1 amide bonds. The van der Waals surface area contributed by atoms with Crippen molar-refractivity contribution in [3.05, 3.63) is 52.0 Å². The minimum Gasteiger partial charge on any atom is -0.468 e. The molecular weight excluding hydrogens is 494 g/mol. The van der Waals surface area contributed by atoms with Crippen molar-refractivity contribution in [3.63, 3.8) is 0 Å². The fourth-order valence-corrected chi connectivity index (χ4v) is 4.91. The quantitative estimate of drug-likeness (QED) is 0.250. The van der Waals surface area contributed by atoms with E-state index in [1.807, 2.05) is 44.2 Å². The number of thiazole rings is 1. The van der Waals surface area contributed by atoms with Gasteiger partial charge in [0.1, 0.15) is 17.3 Å². The number of nitrogens with one attached hydrogen (secondary N) is 2. The van der Waals surface area contributed by atoms with Crippen LogP contribution in [0.1, 0.15) is 75.1 Å². The number of nitrogens with zero attached hydrogens (tertiary/aromatic N) is 1. The summed E-state index contributed by atoms with van der Waals surface area (Å²) in [6, 6.07) is 8.43. The number of aromatic nitrogens is 1. The normalized spacial score (nSPS) is 16.5. The molecule has 1 aromatic heterocycles. The molecule has 1 fully saturated rings. The number of carbonyl (C=O) groups is 3. The number of amides is 1. The van der Waals surface area contributed by atoms with Gasteiger partial charge in [-0.3, -0.25) is 19.7 Å². The summed E-state index contributed by atoms with van der Waals surface area (Å²) in [7, 11) is 1.30. The smallest absolute Gasteiger partial charge is 0.323 e. The lowest BCUT2D eigenvalue weighted by molar-refractivity contribution is -0.147. The second-order valence-electron chi connectivity index (χ2n) is 9.84. The van der Waals surface area contributed by atoms with E-state index < -0.39 is 30.3 Å². The summed E-state index contributed by atoms with van der Waals surface area (Å²) in [4.78, 5) is 41.2. The Balaban J connectivity index is 1.70. The second kappa shape index (κ2) is 13.6. The van der Waals surface area contributed by atoms with Gasteiger partial charge in [0, 0.05) is 31.2 Å². The number of aliphatic hydroxyl groups is 1. The molecule has 4 atom stereocenters. The van der Waals surface area contributed by atoms with Crippen LogP contribution in [0.5, 0.6) is 0 Å². The van der Waals surface area contributed by atoms with Crippen molar-refractivity contribution in [2.45, 2.75) is 77.3 Å². The molecule has 3 rings (SSSR count). The summed E-state index contributed by atoms with van der Waals surface area (Å²) in [5.74, 6) is -0.358. The summed E-state index contributed by atoms with van der Waals surface area (Å²) < 4.78 is 10.5. The Morgan fingerprint density at radius 1 is 1.19 bits per heavy atom. The number of benzene rings is 1. The molecule has 10 heteroatoms. The van der Waals surface area contributed by atoms with Gasteiger partial charge in [0.25, 0.3) is 0 Å². The molecule has 1 saturated carbocycles. The van der Waals surface area contributed by atoms with Gasteiger partial charge in [-0.05, 0) is 36.7 Å². The van der Waals surface area contributed by atoms with Crippen LogP contribution in [0.4, 0.5) is 0 Å². The number of ether oxygens (including phenoxy) is 2. The molecule has 0 spiro atoms. The zero-order chi connectivity index (χ0) is 26.9. The zero-order valence-corrected chi connectivity index (χ0v) is 22.6. The Morgan fingerprint density at radius 3 is 2.49 bits per heavy atom. The Labute approximate surface area is 222 Å². The van der Waals surface area contributed by atoms with Gasteiger partial charge >= 0.3 is 11.9 Å². The van der Waals surface area contributed by atoms with Gasteiger partial charge < -0.3 is 19.9 Å². The molecule has 1 aromatic carbocycles. The molecule has 0 saturated heterocycles. The van der Waals surface area contributed by atoms with Crippen LogP contribution in [-0.2, 0) is 30.3 Å². The first-order valence-corrected chi connectivity index (χ1v) is 13.5. The molecule has 1 aliphatic rings. The number of esters is 2. The highest BCUT2D eigenvalue weighted by atomic mass is 32.1. The Kier molecular flexibility index (Phi) is 10.6. The van der Waals surface area contributed by atoms with Gasteiger partial charge in [0.05, 0.1) is 12.8 Å². The Morgan fingerprint density at radius 2 is 1.89 bits per heavy atom. The van der Waals surface area contributed by atoms with Crippen molar-refractivity contribution in [2.24, 2.45) is 11.8 Å². The van der Waals surface area contributed by atoms with E-state index in [1.165, 1.54) is 25.4 Å². The van der Waals surface area contributed by atoms with Crippen molar-refractivity contribution >= 4 is 29.2 Å². The lowest BCUT2D eigenvalue weighted by Crippen LogP contribution is -2.41. The molecule has 1 heterocycles. The van der Waals surface area contributed by atoms with E-state index in [-0.39, 0.29) is 17.9 Å². The van der Waals surface area contributed by atoms with Gasteiger partial charge in [-0.25, -0.2) is 4.98 Å². The van der Waals surface area contributed by atoms with Crippen LogP contribution in [0, 0.1) is 11.8 Å². The molecule has 37 heavy (non-hydrogen) atoms. The van der Waals surface area contributed by atoms with E-state index in [9.17, 15) is 19.5 Å². The highest BCUT2D eigenvalue weighted by molar-refractivity contribution is 7.09. The first-order chi connectivity index (χ1) is 17.7. The number of rotatable bonds is 14. The number of carbonyl (C=O) groups excluding carboxylic acids is 3. The summed E-state index contributed by atoms with van der Waals surface area (Å²) in [6.45, 7) is 5.35. The average molecular weight is 532 g/mol. The largest absolute Gasteiger partial charge is 0.468 e. The maximum atomic E-state index is 12.4. The third kappa shape index (κ3) is 9.21. The topological polar surface area (TPSA) is 127 Å². The number of aliphatic hydroxyl groups excluding tert-OH is 1. The maximum absolute atomic E-state index is 12.4. The van der Waals surface area contributed by atoms with Gasteiger partial charge in [0.15, 0.2) is 6.10 Å². The van der Waals surface area contributed by atoms with Gasteiger partial charge in [-0.15, -0.1) is 11.3 Å². The van der Waals surface area contributed by atoms with Gasteiger partial charge in [0.2, 0.25) is 5.91 Å². The van der Waals surface area contributed by atoms with Crippen molar-refractivity contribution < 1.29 is 29.0 Å². The summed E-state index contributed by atoms with van der Waals surface area (Å²) in [5, 5.41) is 19.0. The van der Waals surface area contributed by atoms with Crippen molar-refractivity contribution in [3.8, 4) is 0 Å². The fraction of sp³-hybridized carbons (Fsp3) is 0.556. The minimum absolute atomic E-state index is 0.00879. The van der Waals surface area contributed by atoms with Crippen LogP contribution < -0.4 is 10.6 Å². The summed E-state index contributed by atoms with van der Waals surface area (Å²) in [5.41, 5.74) is 1.22.